The van der Waals surface area contributed by atoms with Crippen molar-refractivity contribution in [2.24, 2.45) is 0 Å². The van der Waals surface area contributed by atoms with Crippen LogP contribution in [0, 0.1) is 10.1 Å². The molecule has 1 heterocycles. The van der Waals surface area contributed by atoms with Crippen LogP contribution in [0.25, 0.3) is 10.9 Å². The van der Waals surface area contributed by atoms with E-state index in [1.807, 2.05) is 0 Å². The number of nitro groups is 1. The van der Waals surface area contributed by atoms with Crippen molar-refractivity contribution < 1.29 is 14.8 Å². The van der Waals surface area contributed by atoms with Gasteiger partial charge >= 0.3 is 11.7 Å². The van der Waals surface area contributed by atoms with Crippen molar-refractivity contribution in [1.29, 1.82) is 0 Å². The second-order valence-electron chi connectivity index (χ2n) is 5.02. The first kappa shape index (κ1) is 13.3. The molecule has 1 fully saturated rings. The van der Waals surface area contributed by atoms with Gasteiger partial charge in [0.05, 0.1) is 10.4 Å². The van der Waals surface area contributed by atoms with E-state index in [0.29, 0.717) is 16.6 Å². The standard InChI is InChI=1S/C14H13N3O4/c18-13(19)8-16(9-5-6-9)14-10-3-1-2-4-11(10)15-7-12(14)17(20)21/h1-4,7,9H,5-6,8H2,(H,18,19). The lowest BCUT2D eigenvalue weighted by Crippen LogP contribution is -2.32. The molecular weight excluding hydrogens is 274 g/mol. The maximum absolute atomic E-state index is 11.3. The number of nitrogens with zero attached hydrogens (tertiary/aromatic N) is 3. The molecule has 21 heavy (non-hydrogen) atoms. The van der Waals surface area contributed by atoms with E-state index in [-0.39, 0.29) is 18.3 Å². The van der Waals surface area contributed by atoms with E-state index in [4.69, 9.17) is 5.11 Å². The molecule has 1 aliphatic rings. The number of aliphatic carboxylic acids is 1. The van der Waals surface area contributed by atoms with E-state index >= 15 is 0 Å². The van der Waals surface area contributed by atoms with Crippen LogP contribution < -0.4 is 4.90 Å². The second-order valence-corrected chi connectivity index (χ2v) is 5.02. The SMILES string of the molecule is O=C(O)CN(c1c([N+](=O)[O-])cnc2ccccc12)C1CC1. The Hall–Kier alpha value is -2.70. The Kier molecular flexibility index (Phi) is 3.17. The molecule has 1 saturated carbocycles. The predicted octanol–water partition coefficient (Wildman–Crippen LogP) is 2.20. The summed E-state index contributed by atoms with van der Waals surface area (Å²) in [5, 5.41) is 21.0. The fourth-order valence-electron chi connectivity index (χ4n) is 2.47. The van der Waals surface area contributed by atoms with E-state index in [0.717, 1.165) is 12.8 Å². The number of carbonyl (C=O) groups is 1. The number of fused-ring (bicyclic) bond motifs is 1. The molecule has 1 aromatic heterocycles. The molecule has 7 nitrogen and oxygen atoms in total. The average Bonchev–Trinajstić information content (AvgIpc) is 3.28. The van der Waals surface area contributed by atoms with Crippen molar-refractivity contribution in [2.45, 2.75) is 18.9 Å². The summed E-state index contributed by atoms with van der Waals surface area (Å²) in [5.41, 5.74) is 0.825. The van der Waals surface area contributed by atoms with E-state index in [9.17, 15) is 14.9 Å². The lowest BCUT2D eigenvalue weighted by molar-refractivity contribution is -0.384. The van der Waals surface area contributed by atoms with Crippen LogP contribution in [0.4, 0.5) is 11.4 Å². The number of aromatic nitrogens is 1. The zero-order valence-corrected chi connectivity index (χ0v) is 11.1. The molecule has 0 bridgehead atoms. The zero-order valence-electron chi connectivity index (χ0n) is 11.1. The van der Waals surface area contributed by atoms with Crippen molar-refractivity contribution in [3.63, 3.8) is 0 Å². The number of carboxylic acids is 1. The number of pyridine rings is 1. The summed E-state index contributed by atoms with van der Waals surface area (Å²) in [5.74, 6) is -1.00. The molecular formula is C14H13N3O4. The molecule has 0 atom stereocenters. The van der Waals surface area contributed by atoms with Gasteiger partial charge in [0, 0.05) is 11.4 Å². The van der Waals surface area contributed by atoms with E-state index < -0.39 is 10.9 Å². The monoisotopic (exact) mass is 287 g/mol. The molecule has 1 aliphatic carbocycles. The number of carboxylic acid groups (broad SMARTS) is 1. The van der Waals surface area contributed by atoms with Gasteiger partial charge in [0.25, 0.3) is 0 Å². The van der Waals surface area contributed by atoms with Crippen LogP contribution in [0.5, 0.6) is 0 Å². The maximum Gasteiger partial charge on any atom is 0.323 e. The predicted molar refractivity (Wildman–Crippen MR) is 76.4 cm³/mol. The van der Waals surface area contributed by atoms with Crippen molar-refractivity contribution in [2.75, 3.05) is 11.4 Å². The molecule has 1 aromatic carbocycles. The normalized spacial score (nSPS) is 14.1. The zero-order chi connectivity index (χ0) is 15.0. The van der Waals surface area contributed by atoms with Crippen LogP contribution in [0.1, 0.15) is 12.8 Å². The number of benzene rings is 1. The van der Waals surface area contributed by atoms with Gasteiger partial charge in [0.2, 0.25) is 0 Å². The molecule has 7 heteroatoms. The second kappa shape index (κ2) is 5.01. The number of rotatable bonds is 5. The van der Waals surface area contributed by atoms with E-state index in [2.05, 4.69) is 4.98 Å². The fraction of sp³-hybridized carbons (Fsp3) is 0.286. The Labute approximate surface area is 120 Å². The minimum absolute atomic E-state index is 0.0469. The van der Waals surface area contributed by atoms with Gasteiger partial charge in [-0.15, -0.1) is 0 Å². The van der Waals surface area contributed by atoms with Gasteiger partial charge in [-0.3, -0.25) is 14.9 Å². The van der Waals surface area contributed by atoms with Crippen LogP contribution in [0.2, 0.25) is 0 Å². The van der Waals surface area contributed by atoms with Crippen LogP contribution in [0.15, 0.2) is 30.5 Å². The Morgan fingerprint density at radius 1 is 1.43 bits per heavy atom. The molecule has 0 amide bonds. The highest BCUT2D eigenvalue weighted by Gasteiger charge is 2.35. The highest BCUT2D eigenvalue weighted by molar-refractivity contribution is 5.97. The lowest BCUT2D eigenvalue weighted by atomic mass is 10.1. The first-order valence-electron chi connectivity index (χ1n) is 6.58. The summed E-state index contributed by atoms with van der Waals surface area (Å²) in [4.78, 5) is 27.6. The average molecular weight is 287 g/mol. The molecule has 0 unspecified atom stereocenters. The lowest BCUT2D eigenvalue weighted by Gasteiger charge is -2.23. The van der Waals surface area contributed by atoms with Gasteiger partial charge in [-0.05, 0) is 18.9 Å². The molecule has 0 spiro atoms. The maximum atomic E-state index is 11.3. The molecule has 108 valence electrons. The van der Waals surface area contributed by atoms with Crippen LogP contribution in [-0.2, 0) is 4.79 Å². The van der Waals surface area contributed by atoms with Gasteiger partial charge in [-0.1, -0.05) is 18.2 Å². The van der Waals surface area contributed by atoms with Crippen molar-refractivity contribution in [3.8, 4) is 0 Å². The number of hydrogen-bond acceptors (Lipinski definition) is 5. The van der Waals surface area contributed by atoms with Gasteiger partial charge in [-0.2, -0.15) is 0 Å². The summed E-state index contributed by atoms with van der Waals surface area (Å²) in [6, 6.07) is 7.11. The molecule has 1 N–H and O–H groups in total. The number of anilines is 1. The Bertz CT molecular complexity index is 727. The molecule has 0 radical (unpaired) electrons. The summed E-state index contributed by atoms with van der Waals surface area (Å²) < 4.78 is 0. The van der Waals surface area contributed by atoms with E-state index in [1.54, 1.807) is 29.2 Å². The van der Waals surface area contributed by atoms with Crippen molar-refractivity contribution in [1.82, 2.24) is 4.98 Å². The first-order valence-corrected chi connectivity index (χ1v) is 6.58. The Morgan fingerprint density at radius 2 is 2.14 bits per heavy atom. The van der Waals surface area contributed by atoms with Gasteiger partial charge in [0.15, 0.2) is 0 Å². The van der Waals surface area contributed by atoms with Gasteiger partial charge < -0.3 is 10.0 Å². The molecule has 0 aliphatic heterocycles. The quantitative estimate of drug-likeness (QED) is 0.669. The Balaban J connectivity index is 2.23. The van der Waals surface area contributed by atoms with Crippen LogP contribution in [0.3, 0.4) is 0 Å². The smallest absolute Gasteiger partial charge is 0.323 e. The van der Waals surface area contributed by atoms with Crippen LogP contribution >= 0.6 is 0 Å². The molecule has 0 saturated heterocycles. The summed E-state index contributed by atoms with van der Waals surface area (Å²) in [6.07, 6.45) is 2.90. The summed E-state index contributed by atoms with van der Waals surface area (Å²) in [7, 11) is 0. The highest BCUT2D eigenvalue weighted by Crippen LogP contribution is 2.40. The third-order valence-corrected chi connectivity index (χ3v) is 3.50. The fourth-order valence-corrected chi connectivity index (χ4v) is 2.47. The number of para-hydroxylation sites is 1. The minimum Gasteiger partial charge on any atom is -0.480 e. The largest absolute Gasteiger partial charge is 0.480 e. The Morgan fingerprint density at radius 3 is 2.76 bits per heavy atom. The topological polar surface area (TPSA) is 96.6 Å². The van der Waals surface area contributed by atoms with Crippen molar-refractivity contribution >= 4 is 28.2 Å². The van der Waals surface area contributed by atoms with Crippen LogP contribution in [-0.4, -0.2) is 33.6 Å². The molecule has 3 rings (SSSR count). The number of hydrogen-bond donors (Lipinski definition) is 1. The third-order valence-electron chi connectivity index (χ3n) is 3.50. The third kappa shape index (κ3) is 2.49. The first-order chi connectivity index (χ1) is 10.1. The van der Waals surface area contributed by atoms with Gasteiger partial charge in [0.1, 0.15) is 18.4 Å². The highest BCUT2D eigenvalue weighted by atomic mass is 16.6. The minimum atomic E-state index is -1.00. The summed E-state index contributed by atoms with van der Waals surface area (Å²) >= 11 is 0. The summed E-state index contributed by atoms with van der Waals surface area (Å²) in [6.45, 7) is -0.250. The van der Waals surface area contributed by atoms with Crippen molar-refractivity contribution in [3.05, 3.63) is 40.6 Å². The molecule has 2 aromatic rings. The van der Waals surface area contributed by atoms with E-state index in [1.165, 1.54) is 6.20 Å². The van der Waals surface area contributed by atoms with Gasteiger partial charge in [-0.25, -0.2) is 4.98 Å².